The minimum absolute atomic E-state index is 0.677. The second-order valence-corrected chi connectivity index (χ2v) is 12.9. The summed E-state index contributed by atoms with van der Waals surface area (Å²) < 4.78 is 0. The van der Waals surface area contributed by atoms with Crippen LogP contribution < -0.4 is 0 Å². The fourth-order valence-corrected chi connectivity index (χ4v) is 8.15. The molecule has 1 heterocycles. The highest BCUT2D eigenvalue weighted by molar-refractivity contribution is 6.29. The first-order valence-corrected chi connectivity index (χ1v) is 16.9. The molecule has 0 atom stereocenters. The smallest absolute Gasteiger partial charge is 0.194 e. The van der Waals surface area contributed by atoms with Gasteiger partial charge in [0.15, 0.2) is 5.69 Å². The average Bonchev–Trinajstić information content (AvgIpc) is 3.19. The highest BCUT2D eigenvalue weighted by Crippen LogP contribution is 2.48. The Hall–Kier alpha value is -6.82. The van der Waals surface area contributed by atoms with Crippen molar-refractivity contribution in [1.82, 2.24) is 4.98 Å². The summed E-state index contributed by atoms with van der Waals surface area (Å²) in [6, 6.07) is 60.4. The number of hydrogen-bond donors (Lipinski definition) is 0. The predicted octanol–water partition coefficient (Wildman–Crippen LogP) is 13.6. The molecule has 0 aliphatic heterocycles. The SMILES string of the molecule is [C-]#[N+]c1ccc(-c2c3ccccc3c(-c3cccc4c3ccc3c(-c5ccccc5)nc5ccccc5c34)c3ccccc23)c2ccccc12. The summed E-state index contributed by atoms with van der Waals surface area (Å²) in [5, 5.41) is 12.8. The van der Waals surface area contributed by atoms with Gasteiger partial charge in [0, 0.05) is 21.7 Å². The second kappa shape index (κ2) is 11.1. The molecule has 2 nitrogen and oxygen atoms in total. The van der Waals surface area contributed by atoms with Crippen LogP contribution in [0.4, 0.5) is 5.69 Å². The normalized spacial score (nSPS) is 11.6. The van der Waals surface area contributed by atoms with E-state index in [0.29, 0.717) is 5.69 Å². The molecular formula is C48H28N2. The van der Waals surface area contributed by atoms with Crippen LogP contribution in [0.2, 0.25) is 0 Å². The number of para-hydroxylation sites is 1. The number of rotatable bonds is 3. The lowest BCUT2D eigenvalue weighted by molar-refractivity contribution is 1.43. The van der Waals surface area contributed by atoms with Crippen LogP contribution in [0.25, 0.3) is 103 Å². The van der Waals surface area contributed by atoms with Crippen LogP contribution >= 0.6 is 0 Å². The lowest BCUT2D eigenvalue weighted by atomic mass is 9.83. The summed E-state index contributed by atoms with van der Waals surface area (Å²) in [6.45, 7) is 7.82. The van der Waals surface area contributed by atoms with E-state index >= 15 is 0 Å². The topological polar surface area (TPSA) is 17.2 Å². The van der Waals surface area contributed by atoms with Crippen molar-refractivity contribution in [2.24, 2.45) is 0 Å². The summed E-state index contributed by atoms with van der Waals surface area (Å²) in [7, 11) is 0. The zero-order valence-electron chi connectivity index (χ0n) is 27.1. The lowest BCUT2D eigenvalue weighted by Gasteiger charge is -2.20. The van der Waals surface area contributed by atoms with Crippen LogP contribution in [0.5, 0.6) is 0 Å². The third kappa shape index (κ3) is 4.11. The maximum atomic E-state index is 7.82. The number of pyridine rings is 1. The molecule has 50 heavy (non-hydrogen) atoms. The monoisotopic (exact) mass is 632 g/mol. The Labute approximate surface area is 289 Å². The van der Waals surface area contributed by atoms with Gasteiger partial charge in [-0.3, -0.25) is 0 Å². The Morgan fingerprint density at radius 1 is 0.360 bits per heavy atom. The van der Waals surface area contributed by atoms with E-state index in [-0.39, 0.29) is 0 Å². The van der Waals surface area contributed by atoms with Gasteiger partial charge in [-0.15, -0.1) is 0 Å². The zero-order chi connectivity index (χ0) is 33.2. The van der Waals surface area contributed by atoms with E-state index in [9.17, 15) is 0 Å². The van der Waals surface area contributed by atoms with Crippen molar-refractivity contribution in [1.29, 1.82) is 0 Å². The molecule has 10 rings (SSSR count). The molecule has 0 bridgehead atoms. The molecule has 0 saturated heterocycles. The van der Waals surface area contributed by atoms with E-state index in [1.807, 2.05) is 12.1 Å². The lowest BCUT2D eigenvalue weighted by Crippen LogP contribution is -1.94. The molecule has 0 aliphatic carbocycles. The second-order valence-electron chi connectivity index (χ2n) is 12.9. The van der Waals surface area contributed by atoms with Gasteiger partial charge >= 0.3 is 0 Å². The van der Waals surface area contributed by atoms with Crippen molar-refractivity contribution in [3.8, 4) is 33.5 Å². The fraction of sp³-hybridized carbons (Fsp3) is 0. The fourth-order valence-electron chi connectivity index (χ4n) is 8.15. The highest BCUT2D eigenvalue weighted by Gasteiger charge is 2.21. The van der Waals surface area contributed by atoms with Gasteiger partial charge in [0.25, 0.3) is 0 Å². The number of nitrogens with zero attached hydrogens (tertiary/aromatic N) is 2. The molecule has 10 aromatic rings. The molecule has 0 fully saturated rings. The minimum atomic E-state index is 0.677. The van der Waals surface area contributed by atoms with Gasteiger partial charge in [0.2, 0.25) is 0 Å². The van der Waals surface area contributed by atoms with Crippen molar-refractivity contribution in [2.45, 2.75) is 0 Å². The standard InChI is InChI=1S/C48H28N2/c1-49-43-29-28-40(31-16-5-6-17-33(31)43)46-38-20-9-7-18-36(38)45(37-19-8-10-21-39(37)46)34-23-13-24-35-32(34)26-27-42-47(35)41-22-11-12-25-44(41)50-48(42)30-14-3-2-4-15-30/h2-29H. The largest absolute Gasteiger partial charge is 0.247 e. The number of aromatic nitrogens is 1. The van der Waals surface area contributed by atoms with Crippen molar-refractivity contribution in [2.75, 3.05) is 0 Å². The molecule has 2 heteroatoms. The molecule has 0 unspecified atom stereocenters. The third-order valence-corrected chi connectivity index (χ3v) is 10.3. The Bertz CT molecular complexity index is 2980. The number of fused-ring (bicyclic) bond motifs is 8. The summed E-state index contributed by atoms with van der Waals surface area (Å²) >= 11 is 0. The first-order chi connectivity index (χ1) is 24.8. The van der Waals surface area contributed by atoms with Gasteiger partial charge in [-0.05, 0) is 71.4 Å². The van der Waals surface area contributed by atoms with Gasteiger partial charge in [-0.1, -0.05) is 164 Å². The Kier molecular flexibility index (Phi) is 6.28. The van der Waals surface area contributed by atoms with E-state index in [4.69, 9.17) is 11.6 Å². The first kappa shape index (κ1) is 28.2. The molecule has 0 N–H and O–H groups in total. The van der Waals surface area contributed by atoms with Crippen molar-refractivity contribution in [3.63, 3.8) is 0 Å². The molecule has 0 amide bonds. The van der Waals surface area contributed by atoms with Gasteiger partial charge in [-0.25, -0.2) is 9.83 Å². The maximum Gasteiger partial charge on any atom is 0.194 e. The van der Waals surface area contributed by atoms with E-state index in [2.05, 4.69) is 163 Å². The van der Waals surface area contributed by atoms with E-state index in [1.165, 1.54) is 54.4 Å². The summed E-state index contributed by atoms with van der Waals surface area (Å²) in [5.74, 6) is 0. The molecule has 1 aromatic heterocycles. The van der Waals surface area contributed by atoms with Crippen molar-refractivity contribution < 1.29 is 0 Å². The van der Waals surface area contributed by atoms with Crippen LogP contribution in [0.1, 0.15) is 0 Å². The van der Waals surface area contributed by atoms with E-state index < -0.39 is 0 Å². The van der Waals surface area contributed by atoms with E-state index in [1.54, 1.807) is 0 Å². The van der Waals surface area contributed by atoms with Crippen LogP contribution in [0.15, 0.2) is 170 Å². The maximum absolute atomic E-state index is 7.82. The third-order valence-electron chi connectivity index (χ3n) is 10.3. The molecule has 9 aromatic carbocycles. The molecule has 0 aliphatic rings. The van der Waals surface area contributed by atoms with Crippen LogP contribution in [-0.2, 0) is 0 Å². The van der Waals surface area contributed by atoms with Gasteiger partial charge in [0.05, 0.1) is 17.8 Å². The van der Waals surface area contributed by atoms with Crippen molar-refractivity contribution >= 4 is 70.5 Å². The molecule has 0 spiro atoms. The average molecular weight is 633 g/mol. The summed E-state index contributed by atoms with van der Waals surface area (Å²) in [5.41, 5.74) is 8.56. The van der Waals surface area contributed by atoms with Gasteiger partial charge < -0.3 is 0 Å². The molecule has 0 radical (unpaired) electrons. The minimum Gasteiger partial charge on any atom is -0.247 e. The molecular weight excluding hydrogens is 605 g/mol. The van der Waals surface area contributed by atoms with Crippen LogP contribution in [0, 0.1) is 6.57 Å². The summed E-state index contributed by atoms with van der Waals surface area (Å²) in [4.78, 5) is 9.05. The highest BCUT2D eigenvalue weighted by atomic mass is 14.7. The summed E-state index contributed by atoms with van der Waals surface area (Å²) in [6.07, 6.45) is 0. The Balaban J connectivity index is 1.34. The first-order valence-electron chi connectivity index (χ1n) is 16.9. The van der Waals surface area contributed by atoms with Crippen molar-refractivity contribution in [3.05, 3.63) is 181 Å². The number of hydrogen-bond acceptors (Lipinski definition) is 1. The number of benzene rings is 9. The van der Waals surface area contributed by atoms with Gasteiger partial charge in [0.1, 0.15) is 0 Å². The Morgan fingerprint density at radius 3 is 1.52 bits per heavy atom. The van der Waals surface area contributed by atoms with Crippen LogP contribution in [0.3, 0.4) is 0 Å². The van der Waals surface area contributed by atoms with E-state index in [0.717, 1.165) is 43.9 Å². The molecule has 230 valence electrons. The predicted molar refractivity (Wildman–Crippen MR) is 212 cm³/mol. The Morgan fingerprint density at radius 2 is 0.860 bits per heavy atom. The van der Waals surface area contributed by atoms with Crippen LogP contribution in [-0.4, -0.2) is 4.98 Å². The van der Waals surface area contributed by atoms with Gasteiger partial charge in [-0.2, -0.15) is 0 Å². The molecule has 0 saturated carbocycles. The zero-order valence-corrected chi connectivity index (χ0v) is 27.1. The quantitative estimate of drug-likeness (QED) is 0.108.